The van der Waals surface area contributed by atoms with Crippen LogP contribution in [-0.4, -0.2) is 17.3 Å². The second-order valence-electron chi connectivity index (χ2n) is 4.77. The van der Waals surface area contributed by atoms with Crippen LogP contribution in [0.5, 0.6) is 5.75 Å². The summed E-state index contributed by atoms with van der Waals surface area (Å²) >= 11 is 5.90. The SMILES string of the molecule is CCC1(C)C(O)CC1Oc1c(F)cccc1Cl. The van der Waals surface area contributed by atoms with Crippen molar-refractivity contribution in [3.63, 3.8) is 0 Å². The van der Waals surface area contributed by atoms with E-state index in [1.165, 1.54) is 6.07 Å². The van der Waals surface area contributed by atoms with E-state index >= 15 is 0 Å². The van der Waals surface area contributed by atoms with Gasteiger partial charge in [-0.15, -0.1) is 0 Å². The van der Waals surface area contributed by atoms with E-state index in [1.54, 1.807) is 12.1 Å². The molecule has 1 aliphatic carbocycles. The summed E-state index contributed by atoms with van der Waals surface area (Å²) in [5, 5.41) is 10.0. The van der Waals surface area contributed by atoms with Crippen LogP contribution in [0.4, 0.5) is 4.39 Å². The van der Waals surface area contributed by atoms with Gasteiger partial charge >= 0.3 is 0 Å². The third-order valence-electron chi connectivity index (χ3n) is 3.87. The number of aliphatic hydroxyl groups excluding tert-OH is 1. The molecule has 2 rings (SSSR count). The van der Waals surface area contributed by atoms with Gasteiger partial charge in [0.2, 0.25) is 0 Å². The van der Waals surface area contributed by atoms with Gasteiger partial charge in [0.1, 0.15) is 6.10 Å². The maximum Gasteiger partial charge on any atom is 0.173 e. The number of para-hydroxylation sites is 1. The van der Waals surface area contributed by atoms with E-state index in [9.17, 15) is 9.50 Å². The third-order valence-corrected chi connectivity index (χ3v) is 4.17. The molecule has 1 saturated carbocycles. The number of hydrogen-bond acceptors (Lipinski definition) is 2. The van der Waals surface area contributed by atoms with Gasteiger partial charge in [-0.3, -0.25) is 0 Å². The summed E-state index contributed by atoms with van der Waals surface area (Å²) in [6.45, 7) is 3.93. The number of benzene rings is 1. The van der Waals surface area contributed by atoms with Gasteiger partial charge in [0.05, 0.1) is 11.1 Å². The van der Waals surface area contributed by atoms with Crippen LogP contribution in [0.2, 0.25) is 5.02 Å². The van der Waals surface area contributed by atoms with E-state index in [1.807, 2.05) is 13.8 Å². The highest BCUT2D eigenvalue weighted by Gasteiger charge is 2.51. The maximum atomic E-state index is 13.6. The zero-order valence-corrected chi connectivity index (χ0v) is 10.7. The minimum Gasteiger partial charge on any atom is -0.485 e. The van der Waals surface area contributed by atoms with Crippen molar-refractivity contribution >= 4 is 11.6 Å². The lowest BCUT2D eigenvalue weighted by molar-refractivity contribution is -0.147. The van der Waals surface area contributed by atoms with Crippen LogP contribution >= 0.6 is 11.6 Å². The molecule has 1 aromatic carbocycles. The van der Waals surface area contributed by atoms with Crippen LogP contribution in [0.3, 0.4) is 0 Å². The molecule has 1 aromatic rings. The molecule has 0 aliphatic heterocycles. The summed E-state index contributed by atoms with van der Waals surface area (Å²) in [7, 11) is 0. The van der Waals surface area contributed by atoms with Crippen LogP contribution in [0.1, 0.15) is 26.7 Å². The Morgan fingerprint density at radius 3 is 2.82 bits per heavy atom. The Kier molecular flexibility index (Phi) is 3.32. The van der Waals surface area contributed by atoms with Gasteiger partial charge in [-0.2, -0.15) is 0 Å². The second-order valence-corrected chi connectivity index (χ2v) is 5.18. The topological polar surface area (TPSA) is 29.5 Å². The third kappa shape index (κ3) is 2.02. The fourth-order valence-electron chi connectivity index (χ4n) is 2.18. The number of aliphatic hydroxyl groups is 1. The molecule has 1 fully saturated rings. The smallest absolute Gasteiger partial charge is 0.173 e. The van der Waals surface area contributed by atoms with Crippen LogP contribution in [0, 0.1) is 11.2 Å². The molecule has 0 saturated heterocycles. The Balaban J connectivity index is 2.18. The molecule has 0 aromatic heterocycles. The first-order chi connectivity index (χ1) is 7.99. The molecule has 1 aliphatic rings. The molecule has 3 unspecified atom stereocenters. The lowest BCUT2D eigenvalue weighted by atomic mass is 9.63. The average molecular weight is 259 g/mol. The molecule has 0 radical (unpaired) electrons. The van der Waals surface area contributed by atoms with Crippen molar-refractivity contribution in [1.82, 2.24) is 0 Å². The maximum absolute atomic E-state index is 13.6. The van der Waals surface area contributed by atoms with Crippen molar-refractivity contribution in [3.8, 4) is 5.75 Å². The summed E-state index contributed by atoms with van der Waals surface area (Å²) in [6, 6.07) is 4.46. The first kappa shape index (κ1) is 12.7. The molecule has 3 atom stereocenters. The van der Waals surface area contributed by atoms with Gasteiger partial charge in [-0.05, 0) is 18.6 Å². The van der Waals surface area contributed by atoms with E-state index in [2.05, 4.69) is 0 Å². The quantitative estimate of drug-likeness (QED) is 0.900. The molecule has 0 heterocycles. The van der Waals surface area contributed by atoms with Gasteiger partial charge < -0.3 is 9.84 Å². The number of rotatable bonds is 3. The zero-order valence-electron chi connectivity index (χ0n) is 9.91. The molecule has 1 N–H and O–H groups in total. The van der Waals surface area contributed by atoms with Gasteiger partial charge in [0, 0.05) is 11.8 Å². The molecule has 2 nitrogen and oxygen atoms in total. The minimum atomic E-state index is -0.461. The average Bonchev–Trinajstić information content (AvgIpc) is 2.31. The molecule has 4 heteroatoms. The molecule has 0 amide bonds. The Labute approximate surface area is 105 Å². The van der Waals surface area contributed by atoms with E-state index in [0.717, 1.165) is 6.42 Å². The highest BCUT2D eigenvalue weighted by Crippen LogP contribution is 2.47. The fourth-order valence-corrected chi connectivity index (χ4v) is 2.39. The van der Waals surface area contributed by atoms with Crippen LogP contribution in [0.25, 0.3) is 0 Å². The minimum absolute atomic E-state index is 0.0886. The van der Waals surface area contributed by atoms with E-state index in [4.69, 9.17) is 16.3 Å². The first-order valence-corrected chi connectivity index (χ1v) is 6.15. The monoisotopic (exact) mass is 258 g/mol. The molecule has 0 spiro atoms. The number of hydrogen-bond donors (Lipinski definition) is 1. The van der Waals surface area contributed by atoms with Gasteiger partial charge in [0.25, 0.3) is 0 Å². The Bertz CT molecular complexity index is 404. The van der Waals surface area contributed by atoms with Crippen molar-refractivity contribution in [1.29, 1.82) is 0 Å². The summed E-state index contributed by atoms with van der Waals surface area (Å²) in [6.07, 6.45) is 0.736. The van der Waals surface area contributed by atoms with Gasteiger partial charge in [-0.1, -0.05) is 31.5 Å². The van der Waals surface area contributed by atoms with Crippen molar-refractivity contribution in [2.75, 3.05) is 0 Å². The number of halogens is 2. The fraction of sp³-hybridized carbons (Fsp3) is 0.538. The van der Waals surface area contributed by atoms with Crippen molar-refractivity contribution in [3.05, 3.63) is 29.0 Å². The van der Waals surface area contributed by atoms with Crippen LogP contribution in [0.15, 0.2) is 18.2 Å². The van der Waals surface area contributed by atoms with Crippen LogP contribution < -0.4 is 4.74 Å². The largest absolute Gasteiger partial charge is 0.485 e. The standard InChI is InChI=1S/C13H16ClFO2/c1-3-13(2)10(16)7-11(13)17-12-8(14)5-4-6-9(12)15/h4-6,10-11,16H,3,7H2,1-2H3. The molecular weight excluding hydrogens is 243 g/mol. The highest BCUT2D eigenvalue weighted by molar-refractivity contribution is 6.32. The van der Waals surface area contributed by atoms with Crippen molar-refractivity contribution in [2.24, 2.45) is 5.41 Å². The first-order valence-electron chi connectivity index (χ1n) is 5.77. The molecule has 17 heavy (non-hydrogen) atoms. The summed E-state index contributed by atoms with van der Waals surface area (Å²) in [4.78, 5) is 0. The van der Waals surface area contributed by atoms with Crippen molar-refractivity contribution < 1.29 is 14.2 Å². The summed E-state index contributed by atoms with van der Waals surface area (Å²) in [5.41, 5.74) is -0.314. The Hall–Kier alpha value is -0.800. The van der Waals surface area contributed by atoms with Crippen LogP contribution in [-0.2, 0) is 0 Å². The summed E-state index contributed by atoms with van der Waals surface area (Å²) < 4.78 is 19.2. The van der Waals surface area contributed by atoms with E-state index in [0.29, 0.717) is 6.42 Å². The van der Waals surface area contributed by atoms with Crippen molar-refractivity contribution in [2.45, 2.75) is 38.9 Å². The van der Waals surface area contributed by atoms with E-state index < -0.39 is 5.82 Å². The second kappa shape index (κ2) is 4.46. The predicted molar refractivity (Wildman–Crippen MR) is 64.8 cm³/mol. The van der Waals surface area contributed by atoms with Gasteiger partial charge in [-0.25, -0.2) is 4.39 Å². The Morgan fingerprint density at radius 2 is 2.29 bits per heavy atom. The highest BCUT2D eigenvalue weighted by atomic mass is 35.5. The summed E-state index contributed by atoms with van der Waals surface area (Å²) in [5.74, 6) is -0.372. The molecule has 94 valence electrons. The predicted octanol–water partition coefficient (Wildman–Crippen LogP) is 3.41. The molecule has 0 bridgehead atoms. The van der Waals surface area contributed by atoms with E-state index in [-0.39, 0.29) is 28.4 Å². The zero-order chi connectivity index (χ0) is 12.6. The van der Waals surface area contributed by atoms with Gasteiger partial charge in [0.15, 0.2) is 11.6 Å². The lowest BCUT2D eigenvalue weighted by Crippen LogP contribution is -2.57. The number of ether oxygens (including phenoxy) is 1. The Morgan fingerprint density at radius 1 is 1.59 bits per heavy atom. The molecular formula is C13H16ClFO2. The normalized spacial score (nSPS) is 32.1. The lowest BCUT2D eigenvalue weighted by Gasteiger charge is -2.50.